The van der Waals surface area contributed by atoms with Crippen molar-refractivity contribution in [1.29, 1.82) is 0 Å². The van der Waals surface area contributed by atoms with Gasteiger partial charge >= 0.3 is 6.03 Å². The highest BCUT2D eigenvalue weighted by Crippen LogP contribution is 2.26. The van der Waals surface area contributed by atoms with E-state index in [1.165, 1.54) is 11.3 Å². The van der Waals surface area contributed by atoms with Crippen LogP contribution in [0, 0.1) is 6.92 Å². The van der Waals surface area contributed by atoms with Crippen molar-refractivity contribution >= 4 is 34.8 Å². The van der Waals surface area contributed by atoms with Crippen LogP contribution < -0.4 is 10.6 Å². The molecule has 0 aliphatic carbocycles. The number of hydrogen-bond acceptors (Lipinski definition) is 5. The number of halogens is 1. The largest absolute Gasteiger partial charge is 0.463 e. The number of furan rings is 1. The number of urea groups is 1. The van der Waals surface area contributed by atoms with Crippen molar-refractivity contribution in [3.05, 3.63) is 70.4 Å². The van der Waals surface area contributed by atoms with Crippen molar-refractivity contribution in [2.24, 2.45) is 0 Å². The Labute approximate surface area is 170 Å². The number of benzene rings is 1. The van der Waals surface area contributed by atoms with E-state index in [9.17, 15) is 4.79 Å². The van der Waals surface area contributed by atoms with E-state index in [1.54, 1.807) is 29.1 Å². The van der Waals surface area contributed by atoms with E-state index >= 15 is 0 Å². The average Bonchev–Trinajstić information content (AvgIpc) is 3.41. The molecule has 0 bridgehead atoms. The van der Waals surface area contributed by atoms with Crippen molar-refractivity contribution in [3.8, 4) is 16.6 Å². The molecule has 7 nitrogen and oxygen atoms in total. The Balaban J connectivity index is 1.47. The normalized spacial score (nSPS) is 10.8. The van der Waals surface area contributed by atoms with Crippen LogP contribution in [0.2, 0.25) is 5.02 Å². The minimum atomic E-state index is -0.334. The second-order valence-corrected chi connectivity index (χ2v) is 7.28. The van der Waals surface area contributed by atoms with Gasteiger partial charge in [0.1, 0.15) is 11.5 Å². The van der Waals surface area contributed by atoms with Gasteiger partial charge in [0.2, 0.25) is 5.13 Å². The van der Waals surface area contributed by atoms with Crippen molar-refractivity contribution in [2.45, 2.75) is 13.5 Å². The van der Waals surface area contributed by atoms with Gasteiger partial charge in [0.05, 0.1) is 12.0 Å². The lowest BCUT2D eigenvalue weighted by molar-refractivity contribution is 0.251. The van der Waals surface area contributed by atoms with Gasteiger partial charge in [-0.05, 0) is 36.8 Å². The fraction of sp³-hybridized carbons (Fsp3) is 0.105. The Morgan fingerprint density at radius 1 is 1.29 bits per heavy atom. The van der Waals surface area contributed by atoms with Crippen LogP contribution in [0.15, 0.2) is 58.5 Å². The molecule has 2 N–H and O–H groups in total. The van der Waals surface area contributed by atoms with Crippen LogP contribution in [0.25, 0.3) is 16.6 Å². The summed E-state index contributed by atoms with van der Waals surface area (Å²) in [7, 11) is 0. The zero-order valence-corrected chi connectivity index (χ0v) is 16.4. The van der Waals surface area contributed by atoms with Crippen LogP contribution in [0.1, 0.15) is 11.3 Å². The number of carbonyl (C=O) groups excluding carboxylic acids is 1. The molecule has 9 heteroatoms. The van der Waals surface area contributed by atoms with Crippen LogP contribution in [0.4, 0.5) is 10.6 Å². The molecule has 0 aliphatic rings. The summed E-state index contributed by atoms with van der Waals surface area (Å²) in [6, 6.07) is 12.4. The van der Waals surface area contributed by atoms with E-state index in [2.05, 4.69) is 20.7 Å². The first-order chi connectivity index (χ1) is 13.6. The number of hydrogen-bond donors (Lipinski definition) is 2. The summed E-state index contributed by atoms with van der Waals surface area (Å²) in [5, 5.41) is 13.2. The van der Waals surface area contributed by atoms with Crippen LogP contribution in [-0.2, 0) is 6.54 Å². The number of rotatable bonds is 5. The van der Waals surface area contributed by atoms with Gasteiger partial charge in [-0.2, -0.15) is 9.78 Å². The molecule has 3 aromatic heterocycles. The zero-order valence-electron chi connectivity index (χ0n) is 14.8. The van der Waals surface area contributed by atoms with Crippen molar-refractivity contribution < 1.29 is 9.21 Å². The number of nitrogens with zero attached hydrogens (tertiary/aromatic N) is 3. The Bertz CT molecular complexity index is 1090. The van der Waals surface area contributed by atoms with E-state index in [4.69, 9.17) is 16.0 Å². The predicted octanol–water partition coefficient (Wildman–Crippen LogP) is 4.87. The van der Waals surface area contributed by atoms with Gasteiger partial charge in [0.15, 0.2) is 5.76 Å². The maximum Gasteiger partial charge on any atom is 0.320 e. The summed E-state index contributed by atoms with van der Waals surface area (Å²) in [5.74, 6) is 1.22. The number of nitrogens with one attached hydrogen (secondary N) is 2. The van der Waals surface area contributed by atoms with E-state index in [0.29, 0.717) is 28.3 Å². The van der Waals surface area contributed by atoms with Crippen molar-refractivity contribution in [1.82, 2.24) is 20.1 Å². The molecule has 0 aliphatic heterocycles. The Hall–Kier alpha value is -3.10. The third-order valence-electron chi connectivity index (χ3n) is 3.89. The Morgan fingerprint density at radius 2 is 2.11 bits per heavy atom. The van der Waals surface area contributed by atoms with E-state index in [-0.39, 0.29) is 6.03 Å². The smallest absolute Gasteiger partial charge is 0.320 e. The van der Waals surface area contributed by atoms with Crippen LogP contribution in [-0.4, -0.2) is 20.8 Å². The second kappa shape index (κ2) is 7.87. The summed E-state index contributed by atoms with van der Waals surface area (Å²) >= 11 is 7.29. The molecule has 3 heterocycles. The molecule has 4 rings (SSSR count). The summed E-state index contributed by atoms with van der Waals surface area (Å²) in [6.45, 7) is 2.24. The number of aryl methyl sites for hydroxylation is 1. The van der Waals surface area contributed by atoms with Crippen molar-refractivity contribution in [2.75, 3.05) is 5.32 Å². The Kier molecular flexibility index (Phi) is 5.14. The van der Waals surface area contributed by atoms with E-state index in [0.717, 1.165) is 17.0 Å². The lowest BCUT2D eigenvalue weighted by Crippen LogP contribution is -2.29. The minimum absolute atomic E-state index is 0.334. The van der Waals surface area contributed by atoms with Crippen LogP contribution in [0.3, 0.4) is 0 Å². The van der Waals surface area contributed by atoms with Crippen LogP contribution >= 0.6 is 22.9 Å². The van der Waals surface area contributed by atoms with Gasteiger partial charge < -0.3 is 9.73 Å². The van der Waals surface area contributed by atoms with Gasteiger partial charge in [0.25, 0.3) is 0 Å². The fourth-order valence-corrected chi connectivity index (χ4v) is 3.48. The number of amides is 2. The maximum absolute atomic E-state index is 12.3. The first-order valence-electron chi connectivity index (χ1n) is 8.44. The standard InChI is InChI=1S/C19H16ClN5O2S/c1-12-9-17(23-18(26)21-10-13-4-6-14(20)7-5-13)25(24-12)19-22-15(11-28-19)16-3-2-8-27-16/h2-9,11H,10H2,1H3,(H2,21,23,26). The number of aromatic nitrogens is 3. The van der Waals surface area contributed by atoms with E-state index < -0.39 is 0 Å². The van der Waals surface area contributed by atoms with Gasteiger partial charge in [-0.25, -0.2) is 9.78 Å². The molecule has 0 spiro atoms. The second-order valence-electron chi connectivity index (χ2n) is 6.01. The molecule has 28 heavy (non-hydrogen) atoms. The zero-order chi connectivity index (χ0) is 19.5. The topological polar surface area (TPSA) is 85.0 Å². The maximum atomic E-state index is 12.3. The molecule has 142 valence electrons. The van der Waals surface area contributed by atoms with Crippen LogP contribution in [0.5, 0.6) is 0 Å². The lowest BCUT2D eigenvalue weighted by atomic mass is 10.2. The van der Waals surface area contributed by atoms with Gasteiger partial charge in [-0.1, -0.05) is 23.7 Å². The molecule has 0 atom stereocenters. The quantitative estimate of drug-likeness (QED) is 0.488. The summed E-state index contributed by atoms with van der Waals surface area (Å²) < 4.78 is 6.98. The van der Waals surface area contributed by atoms with Crippen molar-refractivity contribution in [3.63, 3.8) is 0 Å². The third kappa shape index (κ3) is 4.08. The summed E-state index contributed by atoms with van der Waals surface area (Å²) in [6.07, 6.45) is 1.60. The molecule has 0 fully saturated rings. The molecular formula is C19H16ClN5O2S. The molecular weight excluding hydrogens is 398 g/mol. The monoisotopic (exact) mass is 413 g/mol. The minimum Gasteiger partial charge on any atom is -0.463 e. The highest BCUT2D eigenvalue weighted by molar-refractivity contribution is 7.12. The third-order valence-corrected chi connectivity index (χ3v) is 4.95. The SMILES string of the molecule is Cc1cc(NC(=O)NCc2ccc(Cl)cc2)n(-c2nc(-c3ccco3)cs2)n1. The molecule has 1 aromatic carbocycles. The van der Waals surface area contributed by atoms with Gasteiger partial charge in [-0.3, -0.25) is 5.32 Å². The molecule has 0 saturated heterocycles. The van der Waals surface area contributed by atoms with Gasteiger partial charge in [-0.15, -0.1) is 11.3 Å². The number of carbonyl (C=O) groups is 1. The number of thiazole rings is 1. The summed E-state index contributed by atoms with van der Waals surface area (Å²) in [5.41, 5.74) is 2.44. The molecule has 0 unspecified atom stereocenters. The molecule has 2 amide bonds. The predicted molar refractivity (Wildman–Crippen MR) is 109 cm³/mol. The summed E-state index contributed by atoms with van der Waals surface area (Å²) in [4.78, 5) is 16.9. The Morgan fingerprint density at radius 3 is 2.86 bits per heavy atom. The van der Waals surface area contributed by atoms with E-state index in [1.807, 2.05) is 36.6 Å². The highest BCUT2D eigenvalue weighted by atomic mass is 35.5. The molecule has 0 saturated carbocycles. The first kappa shape index (κ1) is 18.3. The highest BCUT2D eigenvalue weighted by Gasteiger charge is 2.15. The lowest BCUT2D eigenvalue weighted by Gasteiger charge is -2.08. The molecule has 4 aromatic rings. The van der Waals surface area contributed by atoms with Gasteiger partial charge in [0, 0.05) is 23.0 Å². The first-order valence-corrected chi connectivity index (χ1v) is 9.70. The fourth-order valence-electron chi connectivity index (χ4n) is 2.58. The number of anilines is 1. The molecule has 0 radical (unpaired) electrons. The average molecular weight is 414 g/mol.